The molecule has 4 rings (SSSR count). The molecule has 1 aliphatic heterocycles. The SMILES string of the molecule is Cc1nc(COc2cccc(C(=O)N3CCN(CCOc4ccccc4Cl)CC3)c2)cs1. The van der Waals surface area contributed by atoms with Crippen molar-refractivity contribution in [3.63, 3.8) is 0 Å². The Morgan fingerprint density at radius 1 is 1.09 bits per heavy atom. The Hall–Kier alpha value is -2.61. The molecule has 0 saturated carbocycles. The highest BCUT2D eigenvalue weighted by atomic mass is 35.5. The third kappa shape index (κ3) is 6.00. The summed E-state index contributed by atoms with van der Waals surface area (Å²) < 4.78 is 11.6. The minimum Gasteiger partial charge on any atom is -0.491 e. The van der Waals surface area contributed by atoms with Crippen LogP contribution >= 0.6 is 22.9 Å². The van der Waals surface area contributed by atoms with Crippen molar-refractivity contribution in [1.82, 2.24) is 14.8 Å². The highest BCUT2D eigenvalue weighted by molar-refractivity contribution is 7.09. The maximum atomic E-state index is 13.0. The molecule has 0 radical (unpaired) electrons. The Kier molecular flexibility index (Phi) is 7.63. The number of hydrogen-bond acceptors (Lipinski definition) is 6. The minimum atomic E-state index is 0.0342. The van der Waals surface area contributed by atoms with Crippen molar-refractivity contribution in [3.8, 4) is 11.5 Å². The quantitative estimate of drug-likeness (QED) is 0.483. The fourth-order valence-corrected chi connectivity index (χ4v) is 4.34. The van der Waals surface area contributed by atoms with E-state index in [1.54, 1.807) is 11.3 Å². The fraction of sp³-hybridized carbons (Fsp3) is 0.333. The highest BCUT2D eigenvalue weighted by Crippen LogP contribution is 2.23. The predicted octanol–water partition coefficient (Wildman–Crippen LogP) is 4.52. The molecule has 1 aromatic heterocycles. The summed E-state index contributed by atoms with van der Waals surface area (Å²) >= 11 is 7.73. The molecule has 6 nitrogen and oxygen atoms in total. The Morgan fingerprint density at radius 2 is 1.91 bits per heavy atom. The fourth-order valence-electron chi connectivity index (χ4n) is 3.55. The van der Waals surface area contributed by atoms with Crippen molar-refractivity contribution >= 4 is 28.8 Å². The zero-order valence-corrected chi connectivity index (χ0v) is 19.6. The second-order valence-electron chi connectivity index (χ2n) is 7.59. The van der Waals surface area contributed by atoms with Crippen LogP contribution in [0, 0.1) is 6.92 Å². The van der Waals surface area contributed by atoms with Crippen LogP contribution in [0.5, 0.6) is 11.5 Å². The Bertz CT molecular complexity index is 1050. The van der Waals surface area contributed by atoms with E-state index in [1.165, 1.54) is 0 Å². The summed E-state index contributed by atoms with van der Waals surface area (Å²) in [6.45, 7) is 6.74. The van der Waals surface area contributed by atoms with Gasteiger partial charge in [-0.3, -0.25) is 9.69 Å². The summed E-state index contributed by atoms with van der Waals surface area (Å²) in [7, 11) is 0. The van der Waals surface area contributed by atoms with Crippen LogP contribution in [-0.4, -0.2) is 60.0 Å². The van der Waals surface area contributed by atoms with Crippen LogP contribution < -0.4 is 9.47 Å². The number of hydrogen-bond donors (Lipinski definition) is 0. The molecule has 32 heavy (non-hydrogen) atoms. The number of benzene rings is 2. The molecule has 0 unspecified atom stereocenters. The number of nitrogens with zero attached hydrogens (tertiary/aromatic N) is 3. The first kappa shape index (κ1) is 22.6. The van der Waals surface area contributed by atoms with E-state index in [9.17, 15) is 4.79 Å². The Labute approximate surface area is 197 Å². The number of aryl methyl sites for hydroxylation is 1. The largest absolute Gasteiger partial charge is 0.491 e. The number of rotatable bonds is 8. The first-order valence-corrected chi connectivity index (χ1v) is 11.9. The lowest BCUT2D eigenvalue weighted by atomic mass is 10.1. The van der Waals surface area contributed by atoms with Gasteiger partial charge in [-0.05, 0) is 37.3 Å². The zero-order chi connectivity index (χ0) is 22.3. The molecule has 3 aromatic rings. The smallest absolute Gasteiger partial charge is 0.254 e. The summed E-state index contributed by atoms with van der Waals surface area (Å²) in [5, 5.41) is 3.63. The average Bonchev–Trinajstić information content (AvgIpc) is 3.24. The molecule has 1 amide bonds. The second kappa shape index (κ2) is 10.8. The van der Waals surface area contributed by atoms with Crippen LogP contribution in [0.3, 0.4) is 0 Å². The van der Waals surface area contributed by atoms with Gasteiger partial charge in [0.25, 0.3) is 5.91 Å². The topological polar surface area (TPSA) is 54.9 Å². The third-order valence-corrected chi connectivity index (χ3v) is 6.43. The summed E-state index contributed by atoms with van der Waals surface area (Å²) in [5.41, 5.74) is 1.55. The molecule has 1 fully saturated rings. The van der Waals surface area contributed by atoms with Gasteiger partial charge in [-0.15, -0.1) is 11.3 Å². The molecule has 168 valence electrons. The van der Waals surface area contributed by atoms with Gasteiger partial charge in [-0.1, -0.05) is 29.8 Å². The molecule has 2 heterocycles. The Balaban J connectivity index is 1.23. The summed E-state index contributed by atoms with van der Waals surface area (Å²) in [4.78, 5) is 21.6. The van der Waals surface area contributed by atoms with E-state index in [2.05, 4.69) is 9.88 Å². The summed E-state index contributed by atoms with van der Waals surface area (Å²) in [6.07, 6.45) is 0. The van der Waals surface area contributed by atoms with Gasteiger partial charge in [0.05, 0.1) is 15.7 Å². The number of ether oxygens (including phenoxy) is 2. The van der Waals surface area contributed by atoms with Crippen molar-refractivity contribution in [2.75, 3.05) is 39.3 Å². The van der Waals surface area contributed by atoms with Gasteiger partial charge < -0.3 is 14.4 Å². The van der Waals surface area contributed by atoms with Gasteiger partial charge in [0.15, 0.2) is 0 Å². The van der Waals surface area contributed by atoms with Gasteiger partial charge in [-0.2, -0.15) is 0 Å². The van der Waals surface area contributed by atoms with Gasteiger partial charge in [0, 0.05) is 43.7 Å². The van der Waals surface area contributed by atoms with E-state index in [-0.39, 0.29) is 5.91 Å². The van der Waals surface area contributed by atoms with E-state index in [0.717, 1.165) is 30.3 Å². The van der Waals surface area contributed by atoms with Crippen LogP contribution in [0.15, 0.2) is 53.9 Å². The highest BCUT2D eigenvalue weighted by Gasteiger charge is 2.22. The number of carbonyl (C=O) groups is 1. The van der Waals surface area contributed by atoms with Crippen LogP contribution in [0.2, 0.25) is 5.02 Å². The molecule has 8 heteroatoms. The number of thiazole rings is 1. The van der Waals surface area contributed by atoms with E-state index in [0.29, 0.717) is 48.4 Å². The molecule has 1 aliphatic rings. The lowest BCUT2D eigenvalue weighted by molar-refractivity contribution is 0.0620. The van der Waals surface area contributed by atoms with Crippen molar-refractivity contribution in [2.24, 2.45) is 0 Å². The monoisotopic (exact) mass is 471 g/mol. The van der Waals surface area contributed by atoms with Gasteiger partial charge in [-0.25, -0.2) is 4.98 Å². The van der Waals surface area contributed by atoms with Crippen molar-refractivity contribution < 1.29 is 14.3 Å². The maximum absolute atomic E-state index is 13.0. The minimum absolute atomic E-state index is 0.0342. The van der Waals surface area contributed by atoms with E-state index >= 15 is 0 Å². The maximum Gasteiger partial charge on any atom is 0.254 e. The molecule has 0 bridgehead atoms. The lowest BCUT2D eigenvalue weighted by Crippen LogP contribution is -2.49. The first-order valence-electron chi connectivity index (χ1n) is 10.6. The van der Waals surface area contributed by atoms with Crippen LogP contribution in [-0.2, 0) is 6.61 Å². The normalized spacial score (nSPS) is 14.4. The number of para-hydroxylation sites is 1. The molecule has 0 aliphatic carbocycles. The van der Waals surface area contributed by atoms with Gasteiger partial charge in [0.2, 0.25) is 0 Å². The van der Waals surface area contributed by atoms with E-state index in [1.807, 2.05) is 65.7 Å². The van der Waals surface area contributed by atoms with Crippen LogP contribution in [0.1, 0.15) is 21.1 Å². The number of carbonyl (C=O) groups excluding carboxylic acids is 1. The number of halogens is 1. The zero-order valence-electron chi connectivity index (χ0n) is 18.0. The van der Waals surface area contributed by atoms with E-state index < -0.39 is 0 Å². The lowest BCUT2D eigenvalue weighted by Gasteiger charge is -2.34. The van der Waals surface area contributed by atoms with Crippen molar-refractivity contribution in [1.29, 1.82) is 0 Å². The summed E-state index contributed by atoms with van der Waals surface area (Å²) in [5.74, 6) is 1.42. The standard InChI is InChI=1S/C24H26ClN3O3S/c1-18-26-20(17-32-18)16-31-21-6-4-5-19(15-21)24(29)28-11-9-27(10-12-28)13-14-30-23-8-3-2-7-22(23)25/h2-8,15,17H,9-14,16H2,1H3. The first-order chi connectivity index (χ1) is 15.6. The number of aromatic nitrogens is 1. The average molecular weight is 472 g/mol. The number of amides is 1. The van der Waals surface area contributed by atoms with Crippen molar-refractivity contribution in [2.45, 2.75) is 13.5 Å². The molecule has 1 saturated heterocycles. The van der Waals surface area contributed by atoms with Gasteiger partial charge in [0.1, 0.15) is 24.7 Å². The predicted molar refractivity (Wildman–Crippen MR) is 127 cm³/mol. The van der Waals surface area contributed by atoms with Crippen LogP contribution in [0.25, 0.3) is 0 Å². The molecule has 0 atom stereocenters. The van der Waals surface area contributed by atoms with Crippen LogP contribution in [0.4, 0.5) is 0 Å². The molecular weight excluding hydrogens is 446 g/mol. The van der Waals surface area contributed by atoms with Gasteiger partial charge >= 0.3 is 0 Å². The molecule has 0 N–H and O–H groups in total. The molecule has 0 spiro atoms. The third-order valence-electron chi connectivity index (χ3n) is 5.30. The molecular formula is C24H26ClN3O3S. The van der Waals surface area contributed by atoms with E-state index in [4.69, 9.17) is 21.1 Å². The summed E-state index contributed by atoms with van der Waals surface area (Å²) in [6, 6.07) is 14.9. The molecule has 2 aromatic carbocycles. The Morgan fingerprint density at radius 3 is 2.66 bits per heavy atom. The number of piperazine rings is 1. The van der Waals surface area contributed by atoms with Crippen molar-refractivity contribution in [3.05, 3.63) is 75.2 Å². The second-order valence-corrected chi connectivity index (χ2v) is 9.06.